The zero-order valence-electron chi connectivity index (χ0n) is 16.3. The SMILES string of the molecule is COCCn1c(C)cc2cc(NC3=C(C(=O)OC)CN(CCO)C3=O)ccc21. The number of nitrogens with one attached hydrogen (secondary N) is 1. The van der Waals surface area contributed by atoms with E-state index < -0.39 is 5.97 Å². The number of carbonyl (C=O) groups excluding carboxylic acids is 2. The van der Waals surface area contributed by atoms with Crippen molar-refractivity contribution in [2.24, 2.45) is 0 Å². The molecular weight excluding hydrogens is 362 g/mol. The van der Waals surface area contributed by atoms with E-state index in [1.807, 2.05) is 25.1 Å². The van der Waals surface area contributed by atoms with Crippen molar-refractivity contribution >= 4 is 28.5 Å². The molecule has 2 aromatic rings. The molecule has 0 fully saturated rings. The highest BCUT2D eigenvalue weighted by Crippen LogP contribution is 2.27. The molecule has 0 unspecified atom stereocenters. The van der Waals surface area contributed by atoms with Crippen LogP contribution >= 0.6 is 0 Å². The van der Waals surface area contributed by atoms with Gasteiger partial charge in [0.25, 0.3) is 5.91 Å². The van der Waals surface area contributed by atoms with E-state index in [9.17, 15) is 9.59 Å². The first-order valence-electron chi connectivity index (χ1n) is 9.07. The van der Waals surface area contributed by atoms with E-state index in [0.717, 1.165) is 23.1 Å². The van der Waals surface area contributed by atoms with Gasteiger partial charge in [-0.15, -0.1) is 0 Å². The van der Waals surface area contributed by atoms with Gasteiger partial charge in [-0.2, -0.15) is 0 Å². The molecule has 8 heteroatoms. The number of aromatic nitrogens is 1. The molecule has 1 aliphatic rings. The second kappa shape index (κ2) is 8.45. The number of aliphatic hydroxyl groups excluding tert-OH is 1. The van der Waals surface area contributed by atoms with E-state index in [2.05, 4.69) is 16.0 Å². The van der Waals surface area contributed by atoms with Crippen LogP contribution in [-0.4, -0.2) is 67.0 Å². The third-order valence-corrected chi connectivity index (χ3v) is 4.85. The average molecular weight is 387 g/mol. The molecule has 1 amide bonds. The van der Waals surface area contributed by atoms with Crippen molar-refractivity contribution in [2.75, 3.05) is 45.8 Å². The summed E-state index contributed by atoms with van der Waals surface area (Å²) in [5.41, 5.74) is 3.34. The molecule has 1 aromatic heterocycles. The van der Waals surface area contributed by atoms with Crippen molar-refractivity contribution in [2.45, 2.75) is 13.5 Å². The molecule has 2 heterocycles. The molecule has 2 N–H and O–H groups in total. The van der Waals surface area contributed by atoms with Crippen LogP contribution in [-0.2, 0) is 25.6 Å². The number of carbonyl (C=O) groups is 2. The fraction of sp³-hybridized carbons (Fsp3) is 0.400. The van der Waals surface area contributed by atoms with Gasteiger partial charge in [-0.3, -0.25) is 4.79 Å². The van der Waals surface area contributed by atoms with Crippen LogP contribution < -0.4 is 5.32 Å². The summed E-state index contributed by atoms with van der Waals surface area (Å²) in [6.07, 6.45) is 0. The first-order chi connectivity index (χ1) is 13.5. The number of esters is 1. The van der Waals surface area contributed by atoms with Gasteiger partial charge < -0.3 is 29.4 Å². The highest BCUT2D eigenvalue weighted by molar-refractivity contribution is 6.08. The number of benzene rings is 1. The van der Waals surface area contributed by atoms with Gasteiger partial charge in [-0.1, -0.05) is 0 Å². The van der Waals surface area contributed by atoms with Crippen LogP contribution in [0.5, 0.6) is 0 Å². The Morgan fingerprint density at radius 1 is 1.25 bits per heavy atom. The van der Waals surface area contributed by atoms with Crippen LogP contribution in [0.3, 0.4) is 0 Å². The molecule has 0 bridgehead atoms. The number of ether oxygens (including phenoxy) is 2. The molecule has 0 atom stereocenters. The maximum Gasteiger partial charge on any atom is 0.337 e. The highest BCUT2D eigenvalue weighted by atomic mass is 16.5. The Morgan fingerprint density at radius 2 is 2.04 bits per heavy atom. The molecule has 0 aliphatic carbocycles. The van der Waals surface area contributed by atoms with Gasteiger partial charge in [-0.25, -0.2) is 4.79 Å². The van der Waals surface area contributed by atoms with Gasteiger partial charge in [0.05, 0.1) is 32.4 Å². The lowest BCUT2D eigenvalue weighted by atomic mass is 10.2. The molecule has 3 rings (SSSR count). The summed E-state index contributed by atoms with van der Waals surface area (Å²) in [5.74, 6) is -0.887. The van der Waals surface area contributed by atoms with E-state index in [1.165, 1.54) is 12.0 Å². The van der Waals surface area contributed by atoms with E-state index in [-0.39, 0.29) is 36.9 Å². The van der Waals surface area contributed by atoms with Gasteiger partial charge in [0.15, 0.2) is 0 Å². The minimum absolute atomic E-state index is 0.114. The van der Waals surface area contributed by atoms with Crippen molar-refractivity contribution in [3.05, 3.63) is 41.2 Å². The second-order valence-corrected chi connectivity index (χ2v) is 6.62. The first kappa shape index (κ1) is 19.9. The van der Waals surface area contributed by atoms with Gasteiger partial charge >= 0.3 is 5.97 Å². The number of aliphatic hydroxyl groups is 1. The summed E-state index contributed by atoms with van der Waals surface area (Å²) in [7, 11) is 2.96. The number of methoxy groups -OCH3 is 2. The Hall–Kier alpha value is -2.84. The lowest BCUT2D eigenvalue weighted by Gasteiger charge is -2.15. The predicted octanol–water partition coefficient (Wildman–Crippen LogP) is 1.27. The van der Waals surface area contributed by atoms with Gasteiger partial charge in [0.1, 0.15) is 5.70 Å². The molecule has 1 aromatic carbocycles. The Morgan fingerprint density at radius 3 is 2.71 bits per heavy atom. The van der Waals surface area contributed by atoms with Crippen molar-refractivity contribution in [3.63, 3.8) is 0 Å². The van der Waals surface area contributed by atoms with Crippen molar-refractivity contribution in [1.29, 1.82) is 0 Å². The largest absolute Gasteiger partial charge is 0.466 e. The Labute approximate surface area is 163 Å². The number of amides is 1. The maximum atomic E-state index is 12.6. The normalized spacial score (nSPS) is 14.3. The fourth-order valence-corrected chi connectivity index (χ4v) is 3.46. The maximum absolute atomic E-state index is 12.6. The number of hydrogen-bond donors (Lipinski definition) is 2. The molecular formula is C20H25N3O5. The number of β-amino-alcohol motifs (C(OH)–C–C–N with tert-alkyl or cyclic N) is 1. The summed E-state index contributed by atoms with van der Waals surface area (Å²) >= 11 is 0. The van der Waals surface area contributed by atoms with Gasteiger partial charge in [0, 0.05) is 42.5 Å². The third kappa shape index (κ3) is 3.74. The highest BCUT2D eigenvalue weighted by Gasteiger charge is 2.34. The smallest absolute Gasteiger partial charge is 0.337 e. The summed E-state index contributed by atoms with van der Waals surface area (Å²) in [6.45, 7) is 3.51. The van der Waals surface area contributed by atoms with Gasteiger partial charge in [0.2, 0.25) is 0 Å². The van der Waals surface area contributed by atoms with Crippen molar-refractivity contribution < 1.29 is 24.2 Å². The predicted molar refractivity (Wildman–Crippen MR) is 105 cm³/mol. The fourth-order valence-electron chi connectivity index (χ4n) is 3.46. The number of rotatable bonds is 8. The first-order valence-corrected chi connectivity index (χ1v) is 9.07. The summed E-state index contributed by atoms with van der Waals surface area (Å²) < 4.78 is 12.2. The topological polar surface area (TPSA) is 93.0 Å². The Bertz CT molecular complexity index is 931. The molecule has 1 aliphatic heterocycles. The number of aryl methyl sites for hydroxylation is 1. The molecule has 0 saturated heterocycles. The molecule has 150 valence electrons. The standard InChI is InChI=1S/C20H25N3O5/c1-13-10-14-11-15(4-5-17(14)23(13)7-9-27-2)21-18-16(20(26)28-3)12-22(6-8-24)19(18)25/h4-5,10-11,21,24H,6-9,12H2,1-3H3. The lowest BCUT2D eigenvalue weighted by Crippen LogP contribution is -2.31. The number of fused-ring (bicyclic) bond motifs is 1. The summed E-state index contributed by atoms with van der Waals surface area (Å²) in [5, 5.41) is 13.3. The van der Waals surface area contributed by atoms with Crippen molar-refractivity contribution in [3.8, 4) is 0 Å². The lowest BCUT2D eigenvalue weighted by molar-refractivity contribution is -0.136. The summed E-state index contributed by atoms with van der Waals surface area (Å²) in [6, 6.07) is 7.86. The monoisotopic (exact) mass is 387 g/mol. The second-order valence-electron chi connectivity index (χ2n) is 6.62. The van der Waals surface area contributed by atoms with E-state index in [4.69, 9.17) is 14.6 Å². The molecule has 0 spiro atoms. The van der Waals surface area contributed by atoms with Gasteiger partial charge in [-0.05, 0) is 31.2 Å². The van der Waals surface area contributed by atoms with Crippen LogP contribution in [0, 0.1) is 6.92 Å². The minimum atomic E-state index is -0.557. The Kier molecular flexibility index (Phi) is 6.01. The number of nitrogens with zero attached hydrogens (tertiary/aromatic N) is 2. The quantitative estimate of drug-likeness (QED) is 0.663. The number of anilines is 1. The van der Waals surface area contributed by atoms with E-state index in [0.29, 0.717) is 12.3 Å². The third-order valence-electron chi connectivity index (χ3n) is 4.85. The Balaban J connectivity index is 1.91. The van der Waals surface area contributed by atoms with Crippen LogP contribution in [0.4, 0.5) is 5.69 Å². The molecule has 28 heavy (non-hydrogen) atoms. The summed E-state index contributed by atoms with van der Waals surface area (Å²) in [4.78, 5) is 26.1. The van der Waals surface area contributed by atoms with E-state index >= 15 is 0 Å². The van der Waals surface area contributed by atoms with Crippen LogP contribution in [0.15, 0.2) is 35.5 Å². The van der Waals surface area contributed by atoms with Crippen LogP contribution in [0.2, 0.25) is 0 Å². The van der Waals surface area contributed by atoms with E-state index in [1.54, 1.807) is 7.11 Å². The minimum Gasteiger partial charge on any atom is -0.466 e. The molecule has 8 nitrogen and oxygen atoms in total. The average Bonchev–Trinajstić information content (AvgIpc) is 3.16. The van der Waals surface area contributed by atoms with Crippen LogP contribution in [0.25, 0.3) is 10.9 Å². The molecule has 0 saturated carbocycles. The van der Waals surface area contributed by atoms with Crippen molar-refractivity contribution in [1.82, 2.24) is 9.47 Å². The zero-order chi connectivity index (χ0) is 20.3. The zero-order valence-corrected chi connectivity index (χ0v) is 16.3. The number of hydrogen-bond acceptors (Lipinski definition) is 6. The molecule has 0 radical (unpaired) electrons. The van der Waals surface area contributed by atoms with Crippen LogP contribution in [0.1, 0.15) is 5.69 Å².